The molecule has 4 heteroatoms. The molecular weight excluding hydrogens is 350 g/mol. The second-order valence-corrected chi connectivity index (χ2v) is 7.01. The Morgan fingerprint density at radius 2 is 1.29 bits per heavy atom. The van der Waals surface area contributed by atoms with Crippen LogP contribution >= 0.6 is 0 Å². The molecule has 28 heavy (non-hydrogen) atoms. The van der Waals surface area contributed by atoms with Gasteiger partial charge in [-0.05, 0) is 30.8 Å². The largest absolute Gasteiger partial charge is 0.453 e. The minimum Gasteiger partial charge on any atom is -0.453 e. The van der Waals surface area contributed by atoms with Crippen LogP contribution in [0, 0.1) is 0 Å². The van der Waals surface area contributed by atoms with Crippen molar-refractivity contribution in [2.45, 2.75) is 11.7 Å². The third kappa shape index (κ3) is 4.30. The second kappa shape index (κ2) is 8.83. The molecule has 0 aliphatic heterocycles. The highest BCUT2D eigenvalue weighted by atomic mass is 16.6. The predicted octanol–water partition coefficient (Wildman–Crippen LogP) is 3.77. The molecule has 0 heterocycles. The molecule has 0 spiro atoms. The van der Waals surface area contributed by atoms with E-state index in [4.69, 9.17) is 4.74 Å². The molecule has 3 aromatic rings. The van der Waals surface area contributed by atoms with Gasteiger partial charge >= 0.3 is 5.97 Å². The maximum Gasteiger partial charge on any atom is 0.348 e. The van der Waals surface area contributed by atoms with Crippen LogP contribution in [0.15, 0.2) is 91.0 Å². The molecule has 1 atom stereocenters. The lowest BCUT2D eigenvalue weighted by atomic mass is 9.86. The standard InChI is InChI=1S/C24H25NO3/c1-25(2)18-22(19-12-6-3-7-13-19)28-23(26)24(27,20-14-8-4-9-15-20)21-16-10-5-11-17-21/h3-17,22,27H,18H2,1-2H3. The molecule has 0 aliphatic carbocycles. The van der Waals surface area contributed by atoms with Crippen molar-refractivity contribution in [2.24, 2.45) is 0 Å². The Morgan fingerprint density at radius 1 is 0.857 bits per heavy atom. The summed E-state index contributed by atoms with van der Waals surface area (Å²) in [6, 6.07) is 27.4. The number of carbonyl (C=O) groups excluding carboxylic acids is 1. The van der Waals surface area contributed by atoms with Gasteiger partial charge in [-0.25, -0.2) is 4.79 Å². The van der Waals surface area contributed by atoms with Gasteiger partial charge in [0, 0.05) is 6.54 Å². The Bertz CT molecular complexity index is 840. The van der Waals surface area contributed by atoms with E-state index >= 15 is 0 Å². The van der Waals surface area contributed by atoms with Gasteiger partial charge in [0.1, 0.15) is 6.10 Å². The van der Waals surface area contributed by atoms with Crippen LogP contribution in [0.2, 0.25) is 0 Å². The van der Waals surface area contributed by atoms with Crippen LogP contribution in [0.25, 0.3) is 0 Å². The first-order valence-corrected chi connectivity index (χ1v) is 9.26. The van der Waals surface area contributed by atoms with Gasteiger partial charge in [0.15, 0.2) is 0 Å². The zero-order valence-corrected chi connectivity index (χ0v) is 16.2. The van der Waals surface area contributed by atoms with Crippen molar-refractivity contribution >= 4 is 5.97 Å². The van der Waals surface area contributed by atoms with Gasteiger partial charge in [0.05, 0.1) is 0 Å². The highest BCUT2D eigenvalue weighted by molar-refractivity contribution is 5.85. The van der Waals surface area contributed by atoms with Gasteiger partial charge in [-0.1, -0.05) is 91.0 Å². The lowest BCUT2D eigenvalue weighted by Crippen LogP contribution is -2.40. The number of hydrogen-bond donors (Lipinski definition) is 1. The monoisotopic (exact) mass is 375 g/mol. The molecule has 144 valence electrons. The fraction of sp³-hybridized carbons (Fsp3) is 0.208. The van der Waals surface area contributed by atoms with Crippen molar-refractivity contribution in [2.75, 3.05) is 20.6 Å². The van der Waals surface area contributed by atoms with Gasteiger partial charge in [-0.15, -0.1) is 0 Å². The van der Waals surface area contributed by atoms with E-state index in [2.05, 4.69) is 0 Å². The van der Waals surface area contributed by atoms with E-state index in [1.54, 1.807) is 48.5 Å². The summed E-state index contributed by atoms with van der Waals surface area (Å²) in [7, 11) is 3.84. The first-order valence-electron chi connectivity index (χ1n) is 9.26. The Kier molecular flexibility index (Phi) is 6.24. The zero-order valence-electron chi connectivity index (χ0n) is 16.2. The summed E-state index contributed by atoms with van der Waals surface area (Å²) in [4.78, 5) is 15.3. The molecule has 0 saturated carbocycles. The molecule has 0 aromatic heterocycles. The van der Waals surface area contributed by atoms with Crippen LogP contribution < -0.4 is 0 Å². The molecule has 3 aromatic carbocycles. The molecular formula is C24H25NO3. The first kappa shape index (κ1) is 19.8. The summed E-state index contributed by atoms with van der Waals surface area (Å²) < 4.78 is 5.89. The number of aliphatic hydroxyl groups is 1. The Hall–Kier alpha value is -2.95. The highest BCUT2D eigenvalue weighted by Crippen LogP contribution is 2.33. The molecule has 0 saturated heterocycles. The van der Waals surface area contributed by atoms with E-state index in [9.17, 15) is 9.90 Å². The molecule has 0 radical (unpaired) electrons. The van der Waals surface area contributed by atoms with Crippen molar-refractivity contribution < 1.29 is 14.6 Å². The average molecular weight is 375 g/mol. The van der Waals surface area contributed by atoms with E-state index in [0.29, 0.717) is 17.7 Å². The highest BCUT2D eigenvalue weighted by Gasteiger charge is 2.42. The zero-order chi connectivity index (χ0) is 20.0. The molecule has 0 amide bonds. The maximum atomic E-state index is 13.3. The molecule has 0 bridgehead atoms. The van der Waals surface area contributed by atoms with Gasteiger partial charge in [0.25, 0.3) is 0 Å². The number of likely N-dealkylation sites (N-methyl/N-ethyl adjacent to an activating group) is 1. The third-order valence-corrected chi connectivity index (χ3v) is 4.63. The number of carbonyl (C=O) groups is 1. The minimum atomic E-state index is -1.89. The summed E-state index contributed by atoms with van der Waals surface area (Å²) in [5, 5.41) is 11.6. The molecule has 1 unspecified atom stereocenters. The number of nitrogens with zero attached hydrogens (tertiary/aromatic N) is 1. The van der Waals surface area contributed by atoms with Crippen LogP contribution in [0.4, 0.5) is 0 Å². The maximum absolute atomic E-state index is 13.3. The van der Waals surface area contributed by atoms with Gasteiger partial charge < -0.3 is 14.7 Å². The van der Waals surface area contributed by atoms with E-state index in [0.717, 1.165) is 5.56 Å². The number of hydrogen-bond acceptors (Lipinski definition) is 4. The van der Waals surface area contributed by atoms with Gasteiger partial charge in [0.2, 0.25) is 5.60 Å². The van der Waals surface area contributed by atoms with E-state index in [1.807, 2.05) is 61.5 Å². The van der Waals surface area contributed by atoms with Crippen LogP contribution in [-0.2, 0) is 15.1 Å². The quantitative estimate of drug-likeness (QED) is 0.639. The normalized spacial score (nSPS) is 12.6. The molecule has 4 nitrogen and oxygen atoms in total. The van der Waals surface area contributed by atoms with Crippen molar-refractivity contribution in [3.8, 4) is 0 Å². The Balaban J connectivity index is 1.99. The van der Waals surface area contributed by atoms with Crippen molar-refractivity contribution in [3.05, 3.63) is 108 Å². The minimum absolute atomic E-state index is 0.475. The summed E-state index contributed by atoms with van der Waals surface area (Å²) in [5.41, 5.74) is -0.0549. The van der Waals surface area contributed by atoms with Gasteiger partial charge in [-0.3, -0.25) is 0 Å². The number of ether oxygens (including phenoxy) is 1. The third-order valence-electron chi connectivity index (χ3n) is 4.63. The predicted molar refractivity (Wildman–Crippen MR) is 110 cm³/mol. The Morgan fingerprint density at radius 3 is 1.71 bits per heavy atom. The summed E-state index contributed by atoms with van der Waals surface area (Å²) >= 11 is 0. The lowest BCUT2D eigenvalue weighted by molar-refractivity contribution is -0.169. The first-order chi connectivity index (χ1) is 13.5. The van der Waals surface area contributed by atoms with Crippen LogP contribution in [0.5, 0.6) is 0 Å². The lowest BCUT2D eigenvalue weighted by Gasteiger charge is -2.30. The fourth-order valence-electron chi connectivity index (χ4n) is 3.19. The second-order valence-electron chi connectivity index (χ2n) is 7.01. The number of benzene rings is 3. The van der Waals surface area contributed by atoms with Gasteiger partial charge in [-0.2, -0.15) is 0 Å². The number of rotatable bonds is 7. The van der Waals surface area contributed by atoms with Crippen molar-refractivity contribution in [1.29, 1.82) is 0 Å². The SMILES string of the molecule is CN(C)CC(OC(=O)C(O)(c1ccccc1)c1ccccc1)c1ccccc1. The van der Waals surface area contributed by atoms with Crippen LogP contribution in [0.3, 0.4) is 0 Å². The van der Waals surface area contributed by atoms with E-state index in [1.165, 1.54) is 0 Å². The van der Waals surface area contributed by atoms with E-state index < -0.39 is 17.7 Å². The smallest absolute Gasteiger partial charge is 0.348 e. The van der Waals surface area contributed by atoms with Crippen molar-refractivity contribution in [1.82, 2.24) is 4.90 Å². The van der Waals surface area contributed by atoms with Crippen LogP contribution in [0.1, 0.15) is 22.8 Å². The van der Waals surface area contributed by atoms with E-state index in [-0.39, 0.29) is 0 Å². The summed E-state index contributed by atoms with van der Waals surface area (Å²) in [6.45, 7) is 0.509. The molecule has 3 rings (SSSR count). The van der Waals surface area contributed by atoms with Crippen LogP contribution in [-0.4, -0.2) is 36.6 Å². The fourth-order valence-corrected chi connectivity index (χ4v) is 3.19. The molecule has 0 aliphatic rings. The molecule has 1 N–H and O–H groups in total. The Labute approximate surface area is 166 Å². The number of esters is 1. The average Bonchev–Trinajstić information content (AvgIpc) is 2.74. The summed E-state index contributed by atoms with van der Waals surface area (Å²) in [5.74, 6) is -0.694. The topological polar surface area (TPSA) is 49.8 Å². The molecule has 0 fully saturated rings. The van der Waals surface area contributed by atoms with Crippen molar-refractivity contribution in [3.63, 3.8) is 0 Å². The summed E-state index contributed by atoms with van der Waals surface area (Å²) in [6.07, 6.45) is -0.498.